The lowest BCUT2D eigenvalue weighted by atomic mass is 10.1. The maximum atomic E-state index is 13.6. The second-order valence-electron chi connectivity index (χ2n) is 4.53. The van der Waals surface area contributed by atoms with Gasteiger partial charge in [-0.25, -0.2) is 12.8 Å². The molecule has 0 spiro atoms. The van der Waals surface area contributed by atoms with Gasteiger partial charge in [0.2, 0.25) is 0 Å². The minimum atomic E-state index is -3.98. The summed E-state index contributed by atoms with van der Waals surface area (Å²) in [6, 6.07) is 2.95. The van der Waals surface area contributed by atoms with E-state index in [4.69, 9.17) is 10.7 Å². The van der Waals surface area contributed by atoms with Crippen molar-refractivity contribution < 1.29 is 17.6 Å². The molecule has 0 unspecified atom stereocenters. The van der Waals surface area contributed by atoms with Crippen LogP contribution in [0.4, 0.5) is 4.39 Å². The summed E-state index contributed by atoms with van der Waals surface area (Å²) in [5.41, 5.74) is -0.298. The van der Waals surface area contributed by atoms with E-state index >= 15 is 0 Å². The molecule has 4 nitrogen and oxygen atoms in total. The molecule has 1 N–H and O–H groups in total. The van der Waals surface area contributed by atoms with Gasteiger partial charge in [-0.15, -0.1) is 0 Å². The normalized spacial score (nSPS) is 16.5. The minimum Gasteiger partial charge on any atom is -0.349 e. The summed E-state index contributed by atoms with van der Waals surface area (Å²) in [4.78, 5) is 11.6. The van der Waals surface area contributed by atoms with Crippen LogP contribution in [0.5, 0.6) is 0 Å². The lowest BCUT2D eigenvalue weighted by Gasteiger charge is -2.12. The molecular weight excluding hydrogens is 293 g/mol. The van der Waals surface area contributed by atoms with E-state index in [0.717, 1.165) is 43.9 Å². The number of carbonyl (C=O) groups is 1. The van der Waals surface area contributed by atoms with Gasteiger partial charge in [-0.1, -0.05) is 12.8 Å². The molecule has 2 rings (SSSR count). The highest BCUT2D eigenvalue weighted by molar-refractivity contribution is 8.13. The third kappa shape index (κ3) is 3.45. The zero-order valence-corrected chi connectivity index (χ0v) is 11.6. The van der Waals surface area contributed by atoms with Crippen LogP contribution in [-0.2, 0) is 9.05 Å². The highest BCUT2D eigenvalue weighted by Gasteiger charge is 2.21. The van der Waals surface area contributed by atoms with E-state index < -0.39 is 20.8 Å². The van der Waals surface area contributed by atoms with Crippen LogP contribution in [0.15, 0.2) is 23.1 Å². The fraction of sp³-hybridized carbons (Fsp3) is 0.417. The summed E-state index contributed by atoms with van der Waals surface area (Å²) in [5, 5.41) is 2.70. The summed E-state index contributed by atoms with van der Waals surface area (Å²) >= 11 is 0. The van der Waals surface area contributed by atoms with Crippen molar-refractivity contribution in [2.24, 2.45) is 0 Å². The third-order valence-electron chi connectivity index (χ3n) is 3.15. The van der Waals surface area contributed by atoms with E-state index in [1.165, 1.54) is 0 Å². The highest BCUT2D eigenvalue weighted by Crippen LogP contribution is 2.21. The Morgan fingerprint density at radius 2 is 1.95 bits per heavy atom. The van der Waals surface area contributed by atoms with Gasteiger partial charge in [0.1, 0.15) is 5.82 Å². The molecule has 19 heavy (non-hydrogen) atoms. The van der Waals surface area contributed by atoms with Crippen molar-refractivity contribution in [1.29, 1.82) is 0 Å². The quantitative estimate of drug-likeness (QED) is 0.872. The molecule has 0 heterocycles. The molecule has 1 aliphatic carbocycles. The first-order valence-corrected chi connectivity index (χ1v) is 8.24. The van der Waals surface area contributed by atoms with Gasteiger partial charge in [-0.3, -0.25) is 4.79 Å². The fourth-order valence-electron chi connectivity index (χ4n) is 2.16. The zero-order valence-electron chi connectivity index (χ0n) is 10.0. The van der Waals surface area contributed by atoms with E-state index in [0.29, 0.717) is 0 Å². The Morgan fingerprint density at radius 1 is 1.32 bits per heavy atom. The Kier molecular flexibility index (Phi) is 4.10. The molecule has 1 fully saturated rings. The monoisotopic (exact) mass is 305 g/mol. The van der Waals surface area contributed by atoms with Crippen molar-refractivity contribution in [2.75, 3.05) is 0 Å². The molecule has 0 radical (unpaired) electrons. The highest BCUT2D eigenvalue weighted by atomic mass is 35.7. The zero-order chi connectivity index (χ0) is 14.0. The Labute approximate surface area is 115 Å². The van der Waals surface area contributed by atoms with Gasteiger partial charge in [0.05, 0.1) is 10.5 Å². The van der Waals surface area contributed by atoms with Crippen molar-refractivity contribution >= 4 is 25.6 Å². The first-order chi connectivity index (χ1) is 8.88. The predicted molar refractivity (Wildman–Crippen MR) is 69.2 cm³/mol. The Balaban J connectivity index is 2.25. The first-order valence-electron chi connectivity index (χ1n) is 5.93. The number of nitrogens with one attached hydrogen (secondary N) is 1. The molecule has 0 aromatic heterocycles. The van der Waals surface area contributed by atoms with E-state index in [9.17, 15) is 17.6 Å². The molecule has 1 aromatic rings. The van der Waals surface area contributed by atoms with Crippen molar-refractivity contribution in [1.82, 2.24) is 5.32 Å². The summed E-state index contributed by atoms with van der Waals surface area (Å²) in [5.74, 6) is -1.37. The molecule has 0 aliphatic heterocycles. The lowest BCUT2D eigenvalue weighted by molar-refractivity contribution is 0.0933. The molecule has 7 heteroatoms. The standard InChI is InChI=1S/C12H13ClFNO3S/c13-19(17,18)9-5-6-11(14)10(7-9)12(16)15-8-3-1-2-4-8/h5-8H,1-4H2,(H,15,16). The topological polar surface area (TPSA) is 63.2 Å². The number of hydrogen-bond acceptors (Lipinski definition) is 3. The predicted octanol–water partition coefficient (Wildman–Crippen LogP) is 2.43. The molecule has 1 amide bonds. The van der Waals surface area contributed by atoms with Crippen molar-refractivity contribution in [3.05, 3.63) is 29.6 Å². The van der Waals surface area contributed by atoms with Crippen LogP contribution in [-0.4, -0.2) is 20.4 Å². The van der Waals surface area contributed by atoms with Crippen LogP contribution < -0.4 is 5.32 Å². The van der Waals surface area contributed by atoms with Gasteiger partial charge >= 0.3 is 0 Å². The van der Waals surface area contributed by atoms with Crippen LogP contribution in [0.1, 0.15) is 36.0 Å². The summed E-state index contributed by atoms with van der Waals surface area (Å²) in [7, 11) is 1.20. The van der Waals surface area contributed by atoms with Crippen LogP contribution in [0.25, 0.3) is 0 Å². The largest absolute Gasteiger partial charge is 0.349 e. The van der Waals surface area contributed by atoms with E-state index in [1.54, 1.807) is 0 Å². The average molecular weight is 306 g/mol. The van der Waals surface area contributed by atoms with Gasteiger partial charge in [0.25, 0.3) is 15.0 Å². The molecule has 0 atom stereocenters. The number of amides is 1. The molecule has 1 aliphatic rings. The Bertz CT molecular complexity index is 597. The van der Waals surface area contributed by atoms with Crippen molar-refractivity contribution in [2.45, 2.75) is 36.6 Å². The maximum absolute atomic E-state index is 13.6. The molecule has 1 aromatic carbocycles. The van der Waals surface area contributed by atoms with Gasteiger partial charge in [0, 0.05) is 16.7 Å². The smallest absolute Gasteiger partial charge is 0.261 e. The number of rotatable bonds is 3. The third-order valence-corrected chi connectivity index (χ3v) is 4.51. The van der Waals surface area contributed by atoms with Gasteiger partial charge in [-0.2, -0.15) is 0 Å². The van der Waals surface area contributed by atoms with Gasteiger partial charge in [0.15, 0.2) is 0 Å². The maximum Gasteiger partial charge on any atom is 0.261 e. The number of hydrogen-bond donors (Lipinski definition) is 1. The average Bonchev–Trinajstić information content (AvgIpc) is 2.80. The summed E-state index contributed by atoms with van der Waals surface area (Å²) in [6.07, 6.45) is 3.79. The van der Waals surface area contributed by atoms with Crippen LogP contribution in [0, 0.1) is 5.82 Å². The van der Waals surface area contributed by atoms with Gasteiger partial charge in [-0.05, 0) is 31.0 Å². The number of carbonyl (C=O) groups excluding carboxylic acids is 1. The Hall–Kier alpha value is -1.14. The summed E-state index contributed by atoms with van der Waals surface area (Å²) in [6.45, 7) is 0. The number of benzene rings is 1. The molecule has 0 bridgehead atoms. The van der Waals surface area contributed by atoms with Crippen LogP contribution >= 0.6 is 10.7 Å². The summed E-state index contributed by atoms with van der Waals surface area (Å²) < 4.78 is 35.9. The molecule has 104 valence electrons. The second-order valence-corrected chi connectivity index (χ2v) is 7.10. The van der Waals surface area contributed by atoms with Crippen LogP contribution in [0.3, 0.4) is 0 Å². The second kappa shape index (κ2) is 5.46. The SMILES string of the molecule is O=C(NC1CCCC1)c1cc(S(=O)(=O)Cl)ccc1F. The van der Waals surface area contributed by atoms with E-state index in [-0.39, 0.29) is 16.5 Å². The van der Waals surface area contributed by atoms with E-state index in [2.05, 4.69) is 5.32 Å². The molecule has 0 saturated heterocycles. The first kappa shape index (κ1) is 14.3. The van der Waals surface area contributed by atoms with Gasteiger partial charge < -0.3 is 5.32 Å². The number of halogens is 2. The molecule has 1 saturated carbocycles. The fourth-order valence-corrected chi connectivity index (χ4v) is 2.94. The van der Waals surface area contributed by atoms with E-state index in [1.807, 2.05) is 0 Å². The minimum absolute atomic E-state index is 0.0307. The van der Waals surface area contributed by atoms with Crippen molar-refractivity contribution in [3.8, 4) is 0 Å². The van der Waals surface area contributed by atoms with Crippen LogP contribution in [0.2, 0.25) is 0 Å². The Morgan fingerprint density at radius 3 is 2.53 bits per heavy atom. The van der Waals surface area contributed by atoms with Crippen molar-refractivity contribution in [3.63, 3.8) is 0 Å². The lowest BCUT2D eigenvalue weighted by Crippen LogP contribution is -2.33. The molecular formula is C12H13ClFNO3S.